The van der Waals surface area contributed by atoms with Gasteiger partial charge in [0.2, 0.25) is 5.91 Å². The summed E-state index contributed by atoms with van der Waals surface area (Å²) in [5, 5.41) is 14.3. The van der Waals surface area contributed by atoms with E-state index in [1.165, 1.54) is 19.1 Å². The van der Waals surface area contributed by atoms with Gasteiger partial charge in [-0.2, -0.15) is 0 Å². The Balaban J connectivity index is 1.87. The predicted octanol–water partition coefficient (Wildman–Crippen LogP) is 3.82. The number of rotatable bonds is 4. The van der Waals surface area contributed by atoms with Gasteiger partial charge < -0.3 is 15.1 Å². The molecular weight excluding hydrogens is 419 g/mol. The smallest absolute Gasteiger partial charge is 0.270 e. The van der Waals surface area contributed by atoms with E-state index in [2.05, 4.69) is 5.32 Å². The van der Waals surface area contributed by atoms with E-state index in [4.69, 9.17) is 23.2 Å². The zero-order valence-corrected chi connectivity index (χ0v) is 17.0. The second-order valence-corrected chi connectivity index (χ2v) is 7.32. The first-order chi connectivity index (χ1) is 13.8. The van der Waals surface area contributed by atoms with E-state index < -0.39 is 10.8 Å². The van der Waals surface area contributed by atoms with E-state index in [1.807, 2.05) is 4.90 Å². The van der Waals surface area contributed by atoms with Gasteiger partial charge in [0.15, 0.2) is 0 Å². The Bertz CT molecular complexity index is 975. The molecule has 8 nitrogen and oxygen atoms in total. The molecular formula is C19H18Cl2N4O4. The highest BCUT2D eigenvalue weighted by Gasteiger charge is 2.24. The van der Waals surface area contributed by atoms with Crippen LogP contribution in [0.2, 0.25) is 10.0 Å². The first-order valence-corrected chi connectivity index (χ1v) is 9.58. The number of amides is 2. The van der Waals surface area contributed by atoms with Gasteiger partial charge in [-0.25, -0.2) is 0 Å². The molecule has 1 fully saturated rings. The molecule has 1 saturated heterocycles. The van der Waals surface area contributed by atoms with E-state index in [9.17, 15) is 19.7 Å². The van der Waals surface area contributed by atoms with Crippen molar-refractivity contribution in [3.63, 3.8) is 0 Å². The Morgan fingerprint density at radius 3 is 2.38 bits per heavy atom. The molecule has 0 unspecified atom stereocenters. The van der Waals surface area contributed by atoms with Gasteiger partial charge in [-0.3, -0.25) is 19.7 Å². The molecule has 29 heavy (non-hydrogen) atoms. The average Bonchev–Trinajstić information content (AvgIpc) is 2.68. The Kier molecular flexibility index (Phi) is 6.24. The van der Waals surface area contributed by atoms with Crippen LogP contribution in [0, 0.1) is 10.1 Å². The number of para-hydroxylation sites is 1. The van der Waals surface area contributed by atoms with Crippen LogP contribution in [0.15, 0.2) is 36.4 Å². The number of anilines is 2. The molecule has 1 aliphatic heterocycles. The van der Waals surface area contributed by atoms with Crippen LogP contribution in [0.25, 0.3) is 0 Å². The fraction of sp³-hybridized carbons (Fsp3) is 0.263. The summed E-state index contributed by atoms with van der Waals surface area (Å²) in [6.07, 6.45) is 0. The summed E-state index contributed by atoms with van der Waals surface area (Å²) in [5.74, 6) is -0.567. The van der Waals surface area contributed by atoms with Gasteiger partial charge >= 0.3 is 0 Å². The van der Waals surface area contributed by atoms with Crippen LogP contribution >= 0.6 is 23.2 Å². The number of non-ortho nitro benzene ring substituents is 1. The molecule has 3 rings (SSSR count). The van der Waals surface area contributed by atoms with E-state index in [1.54, 1.807) is 23.1 Å². The average molecular weight is 437 g/mol. The van der Waals surface area contributed by atoms with Crippen molar-refractivity contribution >= 4 is 52.1 Å². The summed E-state index contributed by atoms with van der Waals surface area (Å²) >= 11 is 12.5. The summed E-state index contributed by atoms with van der Waals surface area (Å²) in [7, 11) is 0. The number of piperazine rings is 1. The van der Waals surface area contributed by atoms with Crippen molar-refractivity contribution in [1.29, 1.82) is 0 Å². The topological polar surface area (TPSA) is 95.8 Å². The largest absolute Gasteiger partial charge is 0.365 e. The number of carbonyl (C=O) groups is 2. The molecule has 0 spiro atoms. The summed E-state index contributed by atoms with van der Waals surface area (Å²) in [5.41, 5.74) is 0.855. The number of nitro benzene ring substituents is 1. The van der Waals surface area contributed by atoms with Crippen LogP contribution in [0.3, 0.4) is 0 Å². The standard InChI is InChI=1S/C19H18Cl2N4O4/c1-12(26)23-7-9-24(10-8-23)18-16(21)3-2-4-17(18)22-19(27)14-11-13(25(28)29)5-6-15(14)20/h2-6,11H,7-10H2,1H3,(H,22,27). The Labute approximate surface area is 177 Å². The highest BCUT2D eigenvalue weighted by atomic mass is 35.5. The van der Waals surface area contributed by atoms with Crippen LogP contribution in [0.4, 0.5) is 17.1 Å². The normalized spacial score (nSPS) is 13.9. The van der Waals surface area contributed by atoms with Crippen LogP contribution in [-0.2, 0) is 4.79 Å². The van der Waals surface area contributed by atoms with Gasteiger partial charge in [0.05, 0.1) is 31.9 Å². The molecule has 0 aliphatic carbocycles. The third-order valence-electron chi connectivity index (χ3n) is 4.68. The van der Waals surface area contributed by atoms with E-state index in [-0.39, 0.29) is 22.2 Å². The van der Waals surface area contributed by atoms with Crippen LogP contribution in [-0.4, -0.2) is 47.8 Å². The molecule has 1 aliphatic rings. The van der Waals surface area contributed by atoms with Crippen molar-refractivity contribution < 1.29 is 14.5 Å². The van der Waals surface area contributed by atoms with Gasteiger partial charge in [0.1, 0.15) is 0 Å². The van der Waals surface area contributed by atoms with E-state index >= 15 is 0 Å². The summed E-state index contributed by atoms with van der Waals surface area (Å²) in [6.45, 7) is 3.74. The lowest BCUT2D eigenvalue weighted by molar-refractivity contribution is -0.384. The number of benzene rings is 2. The first-order valence-electron chi connectivity index (χ1n) is 8.82. The van der Waals surface area contributed by atoms with Gasteiger partial charge in [0, 0.05) is 45.2 Å². The monoisotopic (exact) mass is 436 g/mol. The maximum atomic E-state index is 12.8. The quantitative estimate of drug-likeness (QED) is 0.580. The van der Waals surface area contributed by atoms with E-state index in [0.717, 1.165) is 6.07 Å². The lowest BCUT2D eigenvalue weighted by Gasteiger charge is -2.37. The highest BCUT2D eigenvalue weighted by molar-refractivity contribution is 6.35. The fourth-order valence-corrected chi connectivity index (χ4v) is 3.67. The minimum absolute atomic E-state index is 0.00630. The molecule has 0 saturated carbocycles. The SMILES string of the molecule is CC(=O)N1CCN(c2c(Cl)cccc2NC(=O)c2cc([N+](=O)[O-])ccc2Cl)CC1. The van der Waals surface area contributed by atoms with Crippen molar-refractivity contribution in [2.24, 2.45) is 0 Å². The number of nitro groups is 1. The van der Waals surface area contributed by atoms with Crippen molar-refractivity contribution in [3.05, 3.63) is 62.1 Å². The number of hydrogen-bond acceptors (Lipinski definition) is 5. The molecule has 2 aromatic carbocycles. The highest BCUT2D eigenvalue weighted by Crippen LogP contribution is 2.35. The number of nitrogens with zero attached hydrogens (tertiary/aromatic N) is 3. The number of hydrogen-bond donors (Lipinski definition) is 1. The molecule has 2 aromatic rings. The van der Waals surface area contributed by atoms with Crippen molar-refractivity contribution in [2.45, 2.75) is 6.92 Å². The molecule has 152 valence electrons. The lowest BCUT2D eigenvalue weighted by Crippen LogP contribution is -2.48. The second-order valence-electron chi connectivity index (χ2n) is 6.50. The van der Waals surface area contributed by atoms with Crippen molar-refractivity contribution in [2.75, 3.05) is 36.4 Å². The molecule has 1 N–H and O–H groups in total. The van der Waals surface area contributed by atoms with Gasteiger partial charge in [-0.15, -0.1) is 0 Å². The molecule has 1 heterocycles. The zero-order valence-electron chi connectivity index (χ0n) is 15.5. The molecule has 0 radical (unpaired) electrons. The summed E-state index contributed by atoms with van der Waals surface area (Å²) in [6, 6.07) is 8.79. The Morgan fingerprint density at radius 1 is 1.07 bits per heavy atom. The molecule has 0 atom stereocenters. The first kappa shape index (κ1) is 20.9. The third kappa shape index (κ3) is 4.60. The molecule has 0 aromatic heterocycles. The number of nitrogens with one attached hydrogen (secondary N) is 1. The minimum atomic E-state index is -0.591. The maximum Gasteiger partial charge on any atom is 0.270 e. The minimum Gasteiger partial charge on any atom is -0.365 e. The Morgan fingerprint density at radius 2 is 1.76 bits per heavy atom. The zero-order chi connectivity index (χ0) is 21.1. The van der Waals surface area contributed by atoms with Crippen LogP contribution in [0.1, 0.15) is 17.3 Å². The molecule has 10 heteroatoms. The van der Waals surface area contributed by atoms with Gasteiger partial charge in [-0.05, 0) is 18.2 Å². The molecule has 0 bridgehead atoms. The second kappa shape index (κ2) is 8.67. The Hall–Kier alpha value is -2.84. The number of carbonyl (C=O) groups excluding carboxylic acids is 2. The third-order valence-corrected chi connectivity index (χ3v) is 5.32. The van der Waals surface area contributed by atoms with Crippen LogP contribution in [0.5, 0.6) is 0 Å². The summed E-state index contributed by atoms with van der Waals surface area (Å²) in [4.78, 5) is 38.5. The fourth-order valence-electron chi connectivity index (χ4n) is 3.17. The van der Waals surface area contributed by atoms with E-state index in [0.29, 0.717) is 42.6 Å². The summed E-state index contributed by atoms with van der Waals surface area (Å²) < 4.78 is 0. The maximum absolute atomic E-state index is 12.8. The van der Waals surface area contributed by atoms with Gasteiger partial charge in [0.25, 0.3) is 11.6 Å². The van der Waals surface area contributed by atoms with Crippen molar-refractivity contribution in [1.82, 2.24) is 4.90 Å². The van der Waals surface area contributed by atoms with Gasteiger partial charge in [-0.1, -0.05) is 29.3 Å². The van der Waals surface area contributed by atoms with Crippen LogP contribution < -0.4 is 10.2 Å². The van der Waals surface area contributed by atoms with Crippen molar-refractivity contribution in [3.8, 4) is 0 Å². The lowest BCUT2D eigenvalue weighted by atomic mass is 10.1. The number of halogens is 2. The molecule has 2 amide bonds. The predicted molar refractivity (Wildman–Crippen MR) is 112 cm³/mol.